The summed E-state index contributed by atoms with van der Waals surface area (Å²) >= 11 is 6.53. The molecular formula is C28H29N5O3S2. The van der Waals surface area contributed by atoms with Crippen LogP contribution >= 0.6 is 24.0 Å². The number of aryl methyl sites for hydroxylation is 1. The fourth-order valence-corrected chi connectivity index (χ4v) is 5.35. The molecule has 0 spiro atoms. The van der Waals surface area contributed by atoms with Crippen LogP contribution < -0.4 is 25.6 Å². The highest BCUT2D eigenvalue weighted by molar-refractivity contribution is 8.00. The monoisotopic (exact) mass is 547 g/mol. The summed E-state index contributed by atoms with van der Waals surface area (Å²) < 4.78 is 10.6. The van der Waals surface area contributed by atoms with Gasteiger partial charge in [0, 0.05) is 11.3 Å². The quantitative estimate of drug-likeness (QED) is 0.163. The third-order valence-electron chi connectivity index (χ3n) is 6.19. The summed E-state index contributed by atoms with van der Waals surface area (Å²) in [5.41, 5.74) is 10.5. The van der Waals surface area contributed by atoms with Crippen LogP contribution in [0.3, 0.4) is 0 Å². The van der Waals surface area contributed by atoms with Crippen LogP contribution in [0.4, 0.5) is 5.69 Å². The van der Waals surface area contributed by atoms with E-state index in [1.807, 2.05) is 42.5 Å². The second-order valence-corrected chi connectivity index (χ2v) is 9.98. The number of ether oxygens (including phenoxy) is 2. The van der Waals surface area contributed by atoms with Gasteiger partial charge in [-0.3, -0.25) is 15.6 Å². The third-order valence-corrected chi connectivity index (χ3v) is 7.37. The first-order chi connectivity index (χ1) is 18.5. The van der Waals surface area contributed by atoms with Gasteiger partial charge in [0.15, 0.2) is 5.11 Å². The van der Waals surface area contributed by atoms with Crippen molar-refractivity contribution < 1.29 is 14.3 Å². The molecule has 0 bridgehead atoms. The molecule has 1 aliphatic rings. The van der Waals surface area contributed by atoms with Crippen LogP contribution in [0.5, 0.6) is 11.5 Å². The summed E-state index contributed by atoms with van der Waals surface area (Å²) in [6.07, 6.45) is 4.98. The van der Waals surface area contributed by atoms with Crippen LogP contribution in [0.25, 0.3) is 11.1 Å². The number of rotatable bonds is 7. The number of benzene rings is 2. The Kier molecular flexibility index (Phi) is 9.40. The van der Waals surface area contributed by atoms with E-state index in [0.717, 1.165) is 60.2 Å². The van der Waals surface area contributed by atoms with Gasteiger partial charge in [-0.1, -0.05) is 42.4 Å². The number of aromatic nitrogens is 1. The van der Waals surface area contributed by atoms with Gasteiger partial charge < -0.3 is 14.8 Å². The number of carbonyl (C=O) groups is 1. The molecule has 1 aromatic heterocycles. The largest absolute Gasteiger partial charge is 0.497 e. The van der Waals surface area contributed by atoms with Gasteiger partial charge in [-0.05, 0) is 73.3 Å². The zero-order valence-electron chi connectivity index (χ0n) is 21.3. The number of methoxy groups -OCH3 is 2. The Labute approximate surface area is 232 Å². The molecule has 4 rings (SSSR count). The molecule has 1 aliphatic carbocycles. The molecule has 1 heterocycles. The number of fused-ring (bicyclic) bond motifs is 1. The minimum atomic E-state index is -0.300. The standard InChI is InChI=1S/C28H29N5O3S2/c1-35-19-14-12-18(13-15-19)26-20-8-4-3-5-9-22(20)30-27(21(26)16-29)38-17-25(34)32-33-28(37)31-23-10-6-7-11-24(23)36-2/h6-7,10-15H,3-5,8-9,17H2,1-2H3,(H,32,34)(H2,31,33,37). The molecule has 8 nitrogen and oxygen atoms in total. The van der Waals surface area contributed by atoms with E-state index < -0.39 is 0 Å². The predicted molar refractivity (Wildman–Crippen MR) is 153 cm³/mol. The lowest BCUT2D eigenvalue weighted by Crippen LogP contribution is -2.44. The van der Waals surface area contributed by atoms with E-state index >= 15 is 0 Å². The highest BCUT2D eigenvalue weighted by Gasteiger charge is 2.23. The molecule has 38 heavy (non-hydrogen) atoms. The predicted octanol–water partition coefficient (Wildman–Crippen LogP) is 5.02. The molecule has 0 saturated heterocycles. The number of para-hydroxylation sites is 2. The number of hydrogen-bond acceptors (Lipinski definition) is 7. The maximum absolute atomic E-state index is 12.6. The number of hydrazine groups is 1. The highest BCUT2D eigenvalue weighted by Crippen LogP contribution is 2.38. The Morgan fingerprint density at radius 1 is 1.05 bits per heavy atom. The normalized spacial score (nSPS) is 12.3. The number of anilines is 1. The molecule has 1 amide bonds. The highest BCUT2D eigenvalue weighted by atomic mass is 32.2. The number of pyridine rings is 1. The summed E-state index contributed by atoms with van der Waals surface area (Å²) in [6, 6.07) is 17.4. The van der Waals surface area contributed by atoms with Crippen LogP contribution in [0, 0.1) is 11.3 Å². The molecule has 10 heteroatoms. The smallest absolute Gasteiger partial charge is 0.248 e. The van der Waals surface area contributed by atoms with E-state index in [0.29, 0.717) is 22.0 Å². The molecule has 0 unspecified atom stereocenters. The van der Waals surface area contributed by atoms with Crippen molar-refractivity contribution in [1.29, 1.82) is 5.26 Å². The summed E-state index contributed by atoms with van der Waals surface area (Å²) in [5.74, 6) is 1.15. The minimum absolute atomic E-state index is 0.0623. The van der Waals surface area contributed by atoms with Gasteiger partial charge in [-0.15, -0.1) is 0 Å². The lowest BCUT2D eigenvalue weighted by atomic mass is 9.92. The molecule has 0 radical (unpaired) electrons. The van der Waals surface area contributed by atoms with Crippen molar-refractivity contribution in [3.05, 3.63) is 65.4 Å². The van der Waals surface area contributed by atoms with Gasteiger partial charge in [0.2, 0.25) is 5.91 Å². The molecule has 0 atom stereocenters. The van der Waals surface area contributed by atoms with Crippen molar-refractivity contribution in [2.75, 3.05) is 25.3 Å². The molecule has 196 valence electrons. The van der Waals surface area contributed by atoms with E-state index in [9.17, 15) is 10.1 Å². The Morgan fingerprint density at radius 3 is 2.55 bits per heavy atom. The van der Waals surface area contributed by atoms with E-state index in [1.54, 1.807) is 20.3 Å². The molecule has 0 saturated carbocycles. The molecule has 3 aromatic rings. The van der Waals surface area contributed by atoms with Crippen molar-refractivity contribution in [3.8, 4) is 28.7 Å². The van der Waals surface area contributed by atoms with Gasteiger partial charge in [0.1, 0.15) is 22.6 Å². The number of nitriles is 1. The number of carbonyl (C=O) groups excluding carboxylic acids is 1. The molecular weight excluding hydrogens is 518 g/mol. The van der Waals surface area contributed by atoms with Crippen LogP contribution in [0.15, 0.2) is 53.6 Å². The third kappa shape index (κ3) is 6.54. The van der Waals surface area contributed by atoms with Crippen molar-refractivity contribution in [2.45, 2.75) is 37.1 Å². The summed E-state index contributed by atoms with van der Waals surface area (Å²) in [5, 5.41) is 14.0. The number of hydrogen-bond donors (Lipinski definition) is 3. The summed E-state index contributed by atoms with van der Waals surface area (Å²) in [6.45, 7) is 0. The fraction of sp³-hybridized carbons (Fsp3) is 0.286. The number of nitrogens with one attached hydrogen (secondary N) is 3. The van der Waals surface area contributed by atoms with Gasteiger partial charge >= 0.3 is 0 Å². The van der Waals surface area contributed by atoms with Gasteiger partial charge in [0.25, 0.3) is 0 Å². The van der Waals surface area contributed by atoms with E-state index in [1.165, 1.54) is 11.8 Å². The Hall–Kier alpha value is -3.81. The van der Waals surface area contributed by atoms with Crippen LogP contribution in [-0.4, -0.2) is 36.0 Å². The summed E-state index contributed by atoms with van der Waals surface area (Å²) in [7, 11) is 3.20. The van der Waals surface area contributed by atoms with Crippen molar-refractivity contribution in [2.24, 2.45) is 0 Å². The summed E-state index contributed by atoms with van der Waals surface area (Å²) in [4.78, 5) is 17.5. The molecule has 2 aromatic carbocycles. The lowest BCUT2D eigenvalue weighted by Gasteiger charge is -2.18. The maximum atomic E-state index is 12.6. The number of amides is 1. The van der Waals surface area contributed by atoms with Crippen molar-refractivity contribution in [3.63, 3.8) is 0 Å². The second kappa shape index (κ2) is 13.1. The number of nitrogens with zero attached hydrogens (tertiary/aromatic N) is 2. The number of thiocarbonyl (C=S) groups is 1. The number of thioether (sulfide) groups is 1. The van der Waals surface area contributed by atoms with Gasteiger partial charge in [-0.25, -0.2) is 4.98 Å². The first-order valence-corrected chi connectivity index (χ1v) is 13.6. The van der Waals surface area contributed by atoms with Crippen LogP contribution in [0.2, 0.25) is 0 Å². The molecule has 0 fully saturated rings. The minimum Gasteiger partial charge on any atom is -0.497 e. The molecule has 3 N–H and O–H groups in total. The Balaban J connectivity index is 1.49. The average Bonchev–Trinajstić information content (AvgIpc) is 3.19. The topological polar surface area (TPSA) is 108 Å². The first kappa shape index (κ1) is 27.2. The lowest BCUT2D eigenvalue weighted by molar-refractivity contribution is -0.119. The Bertz CT molecular complexity index is 1360. The SMILES string of the molecule is COc1ccc(-c2c(C#N)c(SCC(=O)NNC(=S)Nc3ccccc3OC)nc3c2CCCCC3)cc1. The van der Waals surface area contributed by atoms with Gasteiger partial charge in [0.05, 0.1) is 31.2 Å². The first-order valence-electron chi connectivity index (χ1n) is 12.3. The zero-order chi connectivity index (χ0) is 26.9. The second-order valence-electron chi connectivity index (χ2n) is 8.61. The van der Waals surface area contributed by atoms with Crippen molar-refractivity contribution in [1.82, 2.24) is 15.8 Å². The van der Waals surface area contributed by atoms with Crippen LogP contribution in [-0.2, 0) is 17.6 Å². The van der Waals surface area contributed by atoms with E-state index in [2.05, 4.69) is 22.2 Å². The zero-order valence-corrected chi connectivity index (χ0v) is 22.9. The fourth-order valence-electron chi connectivity index (χ4n) is 4.38. The molecule has 0 aliphatic heterocycles. The average molecular weight is 548 g/mol. The maximum Gasteiger partial charge on any atom is 0.248 e. The van der Waals surface area contributed by atoms with Crippen LogP contribution in [0.1, 0.15) is 36.1 Å². The Morgan fingerprint density at radius 2 is 1.82 bits per heavy atom. The van der Waals surface area contributed by atoms with E-state index in [4.69, 9.17) is 26.7 Å². The van der Waals surface area contributed by atoms with Gasteiger partial charge in [-0.2, -0.15) is 5.26 Å². The van der Waals surface area contributed by atoms with E-state index in [-0.39, 0.29) is 16.8 Å². The van der Waals surface area contributed by atoms with Crippen molar-refractivity contribution >= 4 is 40.7 Å².